The molecule has 0 spiro atoms. The van der Waals surface area contributed by atoms with Crippen molar-refractivity contribution in [3.63, 3.8) is 0 Å². The van der Waals surface area contributed by atoms with Gasteiger partial charge in [0.2, 0.25) is 0 Å². The van der Waals surface area contributed by atoms with E-state index in [0.717, 1.165) is 5.56 Å². The summed E-state index contributed by atoms with van der Waals surface area (Å²) in [5, 5.41) is 12.9. The van der Waals surface area contributed by atoms with E-state index in [0.29, 0.717) is 29.2 Å². The van der Waals surface area contributed by atoms with Crippen LogP contribution in [0.5, 0.6) is 0 Å². The number of hydrogen-bond acceptors (Lipinski definition) is 3. The third-order valence-electron chi connectivity index (χ3n) is 3.53. The summed E-state index contributed by atoms with van der Waals surface area (Å²) in [6.45, 7) is 2.17. The predicted octanol–water partition coefficient (Wildman–Crippen LogP) is 2.67. The van der Waals surface area contributed by atoms with Crippen molar-refractivity contribution in [1.82, 2.24) is 5.32 Å². The number of aliphatic hydroxyl groups excluding tert-OH is 1. The van der Waals surface area contributed by atoms with Gasteiger partial charge in [-0.3, -0.25) is 9.00 Å². The van der Waals surface area contributed by atoms with Crippen LogP contribution in [0, 0.1) is 0 Å². The lowest BCUT2D eigenvalue weighted by atomic mass is 10.1. The summed E-state index contributed by atoms with van der Waals surface area (Å²) in [5.74, 6) is 0.208. The van der Waals surface area contributed by atoms with E-state index in [2.05, 4.69) is 5.32 Å². The highest BCUT2D eigenvalue weighted by molar-refractivity contribution is 7.85. The highest BCUT2D eigenvalue weighted by Gasteiger charge is 2.15. The summed E-state index contributed by atoms with van der Waals surface area (Å²) in [6, 6.07) is 16.3. The van der Waals surface area contributed by atoms with E-state index in [9.17, 15) is 14.1 Å². The molecular formula is C18H21NO3S. The van der Waals surface area contributed by atoms with Gasteiger partial charge in [-0.2, -0.15) is 0 Å². The highest BCUT2D eigenvalue weighted by atomic mass is 32.2. The Hall–Kier alpha value is -1.98. The van der Waals surface area contributed by atoms with Crippen molar-refractivity contribution in [3.05, 3.63) is 65.7 Å². The molecule has 4 nitrogen and oxygen atoms in total. The summed E-state index contributed by atoms with van der Waals surface area (Å²) in [6.07, 6.45) is -0.189. The van der Waals surface area contributed by atoms with Crippen molar-refractivity contribution in [3.8, 4) is 0 Å². The molecule has 0 aromatic heterocycles. The molecule has 2 aromatic carbocycles. The first-order valence-electron chi connectivity index (χ1n) is 7.62. The second-order valence-corrected chi connectivity index (χ2v) is 6.81. The number of nitrogens with one attached hydrogen (secondary N) is 1. The van der Waals surface area contributed by atoms with Gasteiger partial charge in [0.1, 0.15) is 0 Å². The molecule has 5 heteroatoms. The highest BCUT2D eigenvalue weighted by Crippen LogP contribution is 2.16. The lowest BCUT2D eigenvalue weighted by Gasteiger charge is -2.12. The first-order chi connectivity index (χ1) is 11.1. The van der Waals surface area contributed by atoms with E-state index < -0.39 is 16.9 Å². The molecule has 2 rings (SSSR count). The fourth-order valence-corrected chi connectivity index (χ4v) is 3.22. The Morgan fingerprint density at radius 3 is 2.48 bits per heavy atom. The Morgan fingerprint density at radius 2 is 1.78 bits per heavy atom. The number of carbonyl (C=O) groups excluding carboxylic acids is 1. The van der Waals surface area contributed by atoms with E-state index in [-0.39, 0.29) is 5.91 Å². The second-order valence-electron chi connectivity index (χ2n) is 5.10. The number of carbonyl (C=O) groups is 1. The lowest BCUT2D eigenvalue weighted by molar-refractivity contribution is 0.0939. The van der Waals surface area contributed by atoms with Crippen molar-refractivity contribution in [2.45, 2.75) is 24.3 Å². The number of hydrogen-bond donors (Lipinski definition) is 2. The Morgan fingerprint density at radius 1 is 1.13 bits per heavy atom. The van der Waals surface area contributed by atoms with Crippen molar-refractivity contribution in [2.24, 2.45) is 0 Å². The minimum atomic E-state index is -1.18. The Labute approximate surface area is 139 Å². The molecular weight excluding hydrogens is 310 g/mol. The number of amides is 1. The Bertz CT molecular complexity index is 673. The zero-order valence-electron chi connectivity index (χ0n) is 13.1. The van der Waals surface area contributed by atoms with Gasteiger partial charge in [-0.1, -0.05) is 49.4 Å². The molecule has 0 bridgehead atoms. The van der Waals surface area contributed by atoms with Crippen LogP contribution in [0.1, 0.15) is 35.4 Å². The lowest BCUT2D eigenvalue weighted by Crippen LogP contribution is -2.26. The van der Waals surface area contributed by atoms with Gasteiger partial charge in [0.15, 0.2) is 0 Å². The van der Waals surface area contributed by atoms with Gasteiger partial charge in [-0.25, -0.2) is 0 Å². The van der Waals surface area contributed by atoms with E-state index >= 15 is 0 Å². The third-order valence-corrected chi connectivity index (χ3v) is 4.90. The molecule has 0 radical (unpaired) electrons. The van der Waals surface area contributed by atoms with Gasteiger partial charge in [0.25, 0.3) is 5.91 Å². The fraction of sp³-hybridized carbons (Fsp3) is 0.278. The van der Waals surface area contributed by atoms with Gasteiger partial charge in [0.05, 0.1) is 27.4 Å². The average Bonchev–Trinajstić information content (AvgIpc) is 2.61. The van der Waals surface area contributed by atoms with Gasteiger partial charge < -0.3 is 10.4 Å². The molecule has 0 aliphatic rings. The van der Waals surface area contributed by atoms with Crippen LogP contribution < -0.4 is 5.32 Å². The van der Waals surface area contributed by atoms with Gasteiger partial charge in [0, 0.05) is 12.3 Å². The fourth-order valence-electron chi connectivity index (χ4n) is 2.27. The molecule has 23 heavy (non-hydrogen) atoms. The van der Waals surface area contributed by atoms with Gasteiger partial charge in [-0.15, -0.1) is 0 Å². The minimum Gasteiger partial charge on any atom is -0.388 e. The summed E-state index contributed by atoms with van der Waals surface area (Å²) in [5.41, 5.74) is 1.26. The van der Waals surface area contributed by atoms with Crippen LogP contribution in [-0.2, 0) is 10.8 Å². The summed E-state index contributed by atoms with van der Waals surface area (Å²) < 4.78 is 12.0. The van der Waals surface area contributed by atoms with E-state index in [4.69, 9.17) is 0 Å². The number of aliphatic hydroxyl groups is 1. The van der Waals surface area contributed by atoms with Crippen LogP contribution in [0.25, 0.3) is 0 Å². The Balaban J connectivity index is 1.94. The summed E-state index contributed by atoms with van der Waals surface area (Å²) >= 11 is 0. The minimum absolute atomic E-state index is 0.261. The van der Waals surface area contributed by atoms with E-state index in [1.54, 1.807) is 24.3 Å². The topological polar surface area (TPSA) is 66.4 Å². The van der Waals surface area contributed by atoms with Crippen molar-refractivity contribution in [1.29, 1.82) is 0 Å². The third kappa shape index (κ3) is 4.74. The quantitative estimate of drug-likeness (QED) is 0.820. The van der Waals surface area contributed by atoms with Crippen LogP contribution in [0.3, 0.4) is 0 Å². The van der Waals surface area contributed by atoms with Crippen molar-refractivity contribution >= 4 is 16.7 Å². The Kier molecular flexibility index (Phi) is 6.50. The van der Waals surface area contributed by atoms with E-state index in [1.165, 1.54) is 0 Å². The maximum atomic E-state index is 12.3. The SMILES string of the molecule is CCS(=O)c1ccccc1C(=O)NCCC(O)c1ccccc1. The molecule has 0 heterocycles. The van der Waals surface area contributed by atoms with Crippen molar-refractivity contribution in [2.75, 3.05) is 12.3 Å². The van der Waals surface area contributed by atoms with Crippen LogP contribution in [0.15, 0.2) is 59.5 Å². The van der Waals surface area contributed by atoms with Crippen LogP contribution in [0.2, 0.25) is 0 Å². The molecule has 2 unspecified atom stereocenters. The molecule has 2 aromatic rings. The van der Waals surface area contributed by atoms with Crippen LogP contribution in [-0.4, -0.2) is 27.5 Å². The molecule has 0 aliphatic carbocycles. The first kappa shape index (κ1) is 17.4. The molecule has 0 aliphatic heterocycles. The van der Waals surface area contributed by atoms with E-state index in [1.807, 2.05) is 37.3 Å². The standard InChI is InChI=1S/C18H21NO3S/c1-2-23(22)17-11-7-6-10-15(17)18(21)19-13-12-16(20)14-8-4-3-5-9-14/h3-11,16,20H,2,12-13H2,1H3,(H,19,21). The largest absolute Gasteiger partial charge is 0.388 e. The number of rotatable bonds is 7. The predicted molar refractivity (Wildman–Crippen MR) is 91.7 cm³/mol. The monoisotopic (exact) mass is 331 g/mol. The van der Waals surface area contributed by atoms with Crippen molar-refractivity contribution < 1.29 is 14.1 Å². The van der Waals surface area contributed by atoms with Crippen LogP contribution >= 0.6 is 0 Å². The normalized spacial score (nSPS) is 13.3. The molecule has 0 fully saturated rings. The molecule has 122 valence electrons. The van der Waals surface area contributed by atoms with Crippen LogP contribution in [0.4, 0.5) is 0 Å². The maximum absolute atomic E-state index is 12.3. The average molecular weight is 331 g/mol. The molecule has 1 amide bonds. The second kappa shape index (κ2) is 8.60. The smallest absolute Gasteiger partial charge is 0.252 e. The number of benzene rings is 2. The van der Waals surface area contributed by atoms with Gasteiger partial charge in [-0.05, 0) is 24.1 Å². The summed E-state index contributed by atoms with van der Waals surface area (Å²) in [7, 11) is -1.18. The molecule has 0 saturated heterocycles. The first-order valence-corrected chi connectivity index (χ1v) is 8.94. The molecule has 2 N–H and O–H groups in total. The molecule has 0 saturated carbocycles. The van der Waals surface area contributed by atoms with Gasteiger partial charge >= 0.3 is 0 Å². The maximum Gasteiger partial charge on any atom is 0.252 e. The zero-order chi connectivity index (χ0) is 16.7. The zero-order valence-corrected chi connectivity index (χ0v) is 13.9. The molecule has 2 atom stereocenters. The summed E-state index contributed by atoms with van der Waals surface area (Å²) in [4.78, 5) is 12.8.